The van der Waals surface area contributed by atoms with Crippen molar-refractivity contribution in [2.45, 2.75) is 36.6 Å². The third-order valence-corrected chi connectivity index (χ3v) is 6.48. The van der Waals surface area contributed by atoms with Crippen LogP contribution in [0, 0.1) is 12.8 Å². The van der Waals surface area contributed by atoms with Gasteiger partial charge in [-0.1, -0.05) is 41.6 Å². The largest absolute Gasteiger partial charge is 0.492 e. The standard InChI is InChI=1S/C25H28N4O2S/c1-3-31-22-7-5-4-6-21(22)28-24(30)19-12-16-29(17-13-19)23-25(27-15-14-26-23)32-20-10-8-18(2)9-11-20/h4-11,14-15,19H,3,12-13,16-17H2,1-2H3,(H,28,30). The maximum absolute atomic E-state index is 12.9. The number of benzene rings is 2. The summed E-state index contributed by atoms with van der Waals surface area (Å²) in [4.78, 5) is 25.4. The normalized spacial score (nSPS) is 14.2. The number of aryl methyl sites for hydroxylation is 1. The summed E-state index contributed by atoms with van der Waals surface area (Å²) in [6.45, 7) is 6.12. The van der Waals surface area contributed by atoms with Crippen molar-refractivity contribution < 1.29 is 9.53 Å². The van der Waals surface area contributed by atoms with Gasteiger partial charge in [0.2, 0.25) is 5.91 Å². The summed E-state index contributed by atoms with van der Waals surface area (Å²) in [6.07, 6.45) is 5.01. The number of hydrogen-bond acceptors (Lipinski definition) is 6. The van der Waals surface area contributed by atoms with Gasteiger partial charge >= 0.3 is 0 Å². The van der Waals surface area contributed by atoms with Gasteiger partial charge in [-0.25, -0.2) is 9.97 Å². The average molecular weight is 449 g/mol. The van der Waals surface area contributed by atoms with E-state index in [4.69, 9.17) is 4.74 Å². The van der Waals surface area contributed by atoms with Gasteiger partial charge in [0.25, 0.3) is 0 Å². The van der Waals surface area contributed by atoms with Gasteiger partial charge in [0.1, 0.15) is 10.8 Å². The lowest BCUT2D eigenvalue weighted by Crippen LogP contribution is -2.39. The Hall–Kier alpha value is -3.06. The Balaban J connectivity index is 1.39. The SMILES string of the molecule is CCOc1ccccc1NC(=O)C1CCN(c2nccnc2Sc2ccc(C)cc2)CC1. The molecule has 32 heavy (non-hydrogen) atoms. The Kier molecular flexibility index (Phi) is 7.27. The second kappa shape index (κ2) is 10.5. The number of nitrogens with zero attached hydrogens (tertiary/aromatic N) is 3. The zero-order chi connectivity index (χ0) is 22.3. The number of piperidine rings is 1. The molecule has 0 radical (unpaired) electrons. The van der Waals surface area contributed by atoms with E-state index in [9.17, 15) is 4.79 Å². The van der Waals surface area contributed by atoms with Crippen molar-refractivity contribution >= 4 is 29.2 Å². The zero-order valence-corrected chi connectivity index (χ0v) is 19.3. The number of carbonyl (C=O) groups excluding carboxylic acids is 1. The van der Waals surface area contributed by atoms with E-state index in [1.807, 2.05) is 31.2 Å². The number of rotatable bonds is 7. The summed E-state index contributed by atoms with van der Waals surface area (Å²) in [5.74, 6) is 1.60. The van der Waals surface area contributed by atoms with Crippen molar-refractivity contribution in [3.8, 4) is 5.75 Å². The minimum absolute atomic E-state index is 0.0363. The van der Waals surface area contributed by atoms with E-state index in [0.717, 1.165) is 47.4 Å². The van der Waals surface area contributed by atoms with Crippen LogP contribution in [0.25, 0.3) is 0 Å². The van der Waals surface area contributed by atoms with Crippen LogP contribution in [0.2, 0.25) is 0 Å². The Bertz CT molecular complexity index is 1050. The summed E-state index contributed by atoms with van der Waals surface area (Å²) in [6, 6.07) is 16.0. The molecule has 0 spiro atoms. The average Bonchev–Trinajstić information content (AvgIpc) is 2.82. The van der Waals surface area contributed by atoms with Gasteiger partial charge in [-0.15, -0.1) is 0 Å². The van der Waals surface area contributed by atoms with Crippen molar-refractivity contribution in [3.05, 3.63) is 66.5 Å². The van der Waals surface area contributed by atoms with Crippen molar-refractivity contribution in [2.24, 2.45) is 5.92 Å². The van der Waals surface area contributed by atoms with Crippen LogP contribution in [0.15, 0.2) is 70.8 Å². The van der Waals surface area contributed by atoms with Crippen molar-refractivity contribution in [2.75, 3.05) is 29.9 Å². The highest BCUT2D eigenvalue weighted by molar-refractivity contribution is 7.99. The number of nitrogens with one attached hydrogen (secondary N) is 1. The number of ether oxygens (including phenoxy) is 1. The van der Waals surface area contributed by atoms with Crippen molar-refractivity contribution in [3.63, 3.8) is 0 Å². The van der Waals surface area contributed by atoms with E-state index >= 15 is 0 Å². The van der Waals surface area contributed by atoms with Crippen LogP contribution < -0.4 is 15.0 Å². The quantitative estimate of drug-likeness (QED) is 0.537. The molecule has 1 aliphatic rings. The molecule has 1 fully saturated rings. The van der Waals surface area contributed by atoms with Gasteiger partial charge < -0.3 is 15.0 Å². The summed E-state index contributed by atoms with van der Waals surface area (Å²) >= 11 is 1.62. The molecule has 7 heteroatoms. The third kappa shape index (κ3) is 5.40. The Morgan fingerprint density at radius 1 is 1.09 bits per heavy atom. The van der Waals surface area contributed by atoms with E-state index < -0.39 is 0 Å². The first-order valence-corrected chi connectivity index (χ1v) is 11.8. The second-order valence-electron chi connectivity index (χ2n) is 7.78. The molecular formula is C25H28N4O2S. The smallest absolute Gasteiger partial charge is 0.227 e. The molecule has 166 valence electrons. The molecule has 6 nitrogen and oxygen atoms in total. The molecule has 0 aliphatic carbocycles. The summed E-state index contributed by atoms with van der Waals surface area (Å²) in [5, 5.41) is 3.95. The molecule has 2 aromatic carbocycles. The fourth-order valence-electron chi connectivity index (χ4n) is 3.76. The summed E-state index contributed by atoms with van der Waals surface area (Å²) in [7, 11) is 0. The van der Waals surface area contributed by atoms with E-state index in [2.05, 4.69) is 51.4 Å². The second-order valence-corrected chi connectivity index (χ2v) is 8.84. The molecule has 1 amide bonds. The van der Waals surface area contributed by atoms with Crippen LogP contribution in [0.4, 0.5) is 11.5 Å². The van der Waals surface area contributed by atoms with E-state index in [0.29, 0.717) is 12.4 Å². The minimum Gasteiger partial charge on any atom is -0.492 e. The fourth-order valence-corrected chi connectivity index (χ4v) is 4.65. The topological polar surface area (TPSA) is 67.3 Å². The molecule has 1 N–H and O–H groups in total. The predicted molar refractivity (Wildman–Crippen MR) is 129 cm³/mol. The maximum atomic E-state index is 12.9. The highest BCUT2D eigenvalue weighted by Gasteiger charge is 2.27. The van der Waals surface area contributed by atoms with Crippen LogP contribution in [0.3, 0.4) is 0 Å². The Labute approximate surface area is 193 Å². The maximum Gasteiger partial charge on any atom is 0.227 e. The van der Waals surface area contributed by atoms with E-state index in [-0.39, 0.29) is 11.8 Å². The number of para-hydroxylation sites is 2. The summed E-state index contributed by atoms with van der Waals surface area (Å²) < 4.78 is 5.63. The van der Waals surface area contributed by atoms with Crippen LogP contribution in [-0.2, 0) is 4.79 Å². The molecule has 0 saturated carbocycles. The highest BCUT2D eigenvalue weighted by Crippen LogP contribution is 2.34. The van der Waals surface area contributed by atoms with Crippen LogP contribution >= 0.6 is 11.8 Å². The fraction of sp³-hybridized carbons (Fsp3) is 0.320. The third-order valence-electron chi connectivity index (χ3n) is 5.49. The predicted octanol–water partition coefficient (Wildman–Crippen LogP) is 5.19. The molecular weight excluding hydrogens is 420 g/mol. The molecule has 0 atom stereocenters. The summed E-state index contributed by atoms with van der Waals surface area (Å²) in [5.41, 5.74) is 1.96. The lowest BCUT2D eigenvalue weighted by molar-refractivity contribution is -0.120. The van der Waals surface area contributed by atoms with Crippen LogP contribution in [0.1, 0.15) is 25.3 Å². The van der Waals surface area contributed by atoms with Crippen LogP contribution in [-0.4, -0.2) is 35.6 Å². The Morgan fingerprint density at radius 3 is 2.56 bits per heavy atom. The van der Waals surface area contributed by atoms with E-state index in [1.54, 1.807) is 24.2 Å². The lowest BCUT2D eigenvalue weighted by Gasteiger charge is -2.32. The number of aromatic nitrogens is 2. The molecule has 3 aromatic rings. The van der Waals surface area contributed by atoms with Crippen LogP contribution in [0.5, 0.6) is 5.75 Å². The molecule has 1 saturated heterocycles. The van der Waals surface area contributed by atoms with Gasteiger partial charge in [0.05, 0.1) is 12.3 Å². The number of amides is 1. The molecule has 0 unspecified atom stereocenters. The first-order chi connectivity index (χ1) is 15.6. The van der Waals surface area contributed by atoms with Gasteiger partial charge in [0, 0.05) is 36.3 Å². The molecule has 1 aliphatic heterocycles. The molecule has 2 heterocycles. The van der Waals surface area contributed by atoms with Gasteiger partial charge in [-0.2, -0.15) is 0 Å². The Morgan fingerprint density at radius 2 is 1.81 bits per heavy atom. The molecule has 0 bridgehead atoms. The van der Waals surface area contributed by atoms with Gasteiger partial charge in [-0.05, 0) is 51.0 Å². The zero-order valence-electron chi connectivity index (χ0n) is 18.5. The number of carbonyl (C=O) groups is 1. The monoisotopic (exact) mass is 448 g/mol. The number of hydrogen-bond donors (Lipinski definition) is 1. The first-order valence-electron chi connectivity index (χ1n) is 11.0. The minimum atomic E-state index is -0.0363. The first kappa shape index (κ1) is 22.1. The number of anilines is 2. The van der Waals surface area contributed by atoms with Gasteiger partial charge in [0.15, 0.2) is 5.82 Å². The molecule has 4 rings (SSSR count). The van der Waals surface area contributed by atoms with E-state index in [1.165, 1.54) is 5.56 Å². The molecule has 1 aromatic heterocycles. The lowest BCUT2D eigenvalue weighted by atomic mass is 9.96. The highest BCUT2D eigenvalue weighted by atomic mass is 32.2. The van der Waals surface area contributed by atoms with Crippen molar-refractivity contribution in [1.82, 2.24) is 9.97 Å². The van der Waals surface area contributed by atoms with Gasteiger partial charge in [-0.3, -0.25) is 4.79 Å². The van der Waals surface area contributed by atoms with Crippen molar-refractivity contribution in [1.29, 1.82) is 0 Å².